The average Bonchev–Trinajstić information content (AvgIpc) is 2.85. The van der Waals surface area contributed by atoms with Gasteiger partial charge in [-0.1, -0.05) is 36.4 Å². The third-order valence-corrected chi connectivity index (χ3v) is 5.90. The maximum atomic E-state index is 13.3. The Hall–Kier alpha value is -3.78. The van der Waals surface area contributed by atoms with Gasteiger partial charge < -0.3 is 19.5 Å². The number of halogens is 1. The van der Waals surface area contributed by atoms with Crippen LogP contribution in [-0.2, 0) is 16.1 Å². The Morgan fingerprint density at radius 1 is 1.03 bits per heavy atom. The van der Waals surface area contributed by atoms with E-state index in [-0.39, 0.29) is 24.8 Å². The second-order valence-corrected chi connectivity index (χ2v) is 8.31. The van der Waals surface area contributed by atoms with E-state index in [0.717, 1.165) is 15.6 Å². The zero-order valence-corrected chi connectivity index (χ0v) is 20.3. The second kappa shape index (κ2) is 10.4. The van der Waals surface area contributed by atoms with Crippen molar-refractivity contribution in [2.45, 2.75) is 6.54 Å². The summed E-state index contributed by atoms with van der Waals surface area (Å²) in [5.74, 6) is 1.27. The van der Waals surface area contributed by atoms with E-state index in [0.29, 0.717) is 22.9 Å². The molecule has 174 valence electrons. The van der Waals surface area contributed by atoms with Crippen molar-refractivity contribution in [1.82, 2.24) is 5.32 Å². The van der Waals surface area contributed by atoms with Crippen LogP contribution < -0.4 is 24.4 Å². The van der Waals surface area contributed by atoms with Gasteiger partial charge in [0.05, 0.1) is 24.4 Å². The van der Waals surface area contributed by atoms with Crippen LogP contribution in [0.5, 0.6) is 17.2 Å². The zero-order valence-electron chi connectivity index (χ0n) is 18.7. The monoisotopic (exact) mass is 522 g/mol. The summed E-state index contributed by atoms with van der Waals surface area (Å²) in [5, 5.41) is 2.86. The maximum absolute atomic E-state index is 13.3. The van der Waals surface area contributed by atoms with Gasteiger partial charge in [0, 0.05) is 12.1 Å². The molecular formula is C26H23BrN2O5. The molecule has 3 aromatic rings. The molecule has 7 nitrogen and oxygen atoms in total. The molecule has 3 aromatic carbocycles. The van der Waals surface area contributed by atoms with Gasteiger partial charge in [-0.05, 0) is 57.9 Å². The Morgan fingerprint density at radius 3 is 2.53 bits per heavy atom. The summed E-state index contributed by atoms with van der Waals surface area (Å²) < 4.78 is 17.2. The molecule has 8 heteroatoms. The summed E-state index contributed by atoms with van der Waals surface area (Å²) in [6.45, 7) is 0.129. The van der Waals surface area contributed by atoms with E-state index in [9.17, 15) is 9.59 Å². The number of carbonyl (C=O) groups is 2. The van der Waals surface area contributed by atoms with Gasteiger partial charge in [0.25, 0.3) is 5.91 Å². The van der Waals surface area contributed by atoms with E-state index in [4.69, 9.17) is 14.2 Å². The molecule has 1 heterocycles. The van der Waals surface area contributed by atoms with Gasteiger partial charge in [0.15, 0.2) is 11.5 Å². The molecule has 0 atom stereocenters. The van der Waals surface area contributed by atoms with Crippen LogP contribution in [0.25, 0.3) is 6.08 Å². The Labute approximate surface area is 206 Å². The SMILES string of the molecule is COc1ccc(C=C2Oc3ccccc3N(CC(=O)NCc3ccccc3OC)C2=O)cc1Br. The number of nitrogens with one attached hydrogen (secondary N) is 1. The highest BCUT2D eigenvalue weighted by molar-refractivity contribution is 9.10. The fraction of sp³-hybridized carbons (Fsp3) is 0.154. The molecule has 1 N–H and O–H groups in total. The first-order valence-electron chi connectivity index (χ1n) is 10.5. The van der Waals surface area contributed by atoms with Gasteiger partial charge in [0.2, 0.25) is 5.91 Å². The lowest BCUT2D eigenvalue weighted by Crippen LogP contribution is -2.44. The maximum Gasteiger partial charge on any atom is 0.294 e. The van der Waals surface area contributed by atoms with Crippen molar-refractivity contribution in [1.29, 1.82) is 0 Å². The molecule has 0 saturated carbocycles. The normalized spacial score (nSPS) is 13.8. The molecule has 0 unspecified atom stereocenters. The molecule has 34 heavy (non-hydrogen) atoms. The lowest BCUT2D eigenvalue weighted by Gasteiger charge is -2.30. The van der Waals surface area contributed by atoms with Crippen molar-refractivity contribution < 1.29 is 23.8 Å². The van der Waals surface area contributed by atoms with Crippen LogP contribution in [0.1, 0.15) is 11.1 Å². The van der Waals surface area contributed by atoms with E-state index in [1.807, 2.05) is 42.5 Å². The van der Waals surface area contributed by atoms with Crippen molar-refractivity contribution in [2.75, 3.05) is 25.7 Å². The van der Waals surface area contributed by atoms with Gasteiger partial charge in [-0.2, -0.15) is 0 Å². The van der Waals surface area contributed by atoms with E-state index in [1.165, 1.54) is 4.90 Å². The molecule has 2 amide bonds. The summed E-state index contributed by atoms with van der Waals surface area (Å²) in [6.07, 6.45) is 1.64. The molecule has 0 aromatic heterocycles. The highest BCUT2D eigenvalue weighted by atomic mass is 79.9. The highest BCUT2D eigenvalue weighted by Crippen LogP contribution is 2.36. The molecule has 4 rings (SSSR count). The number of hydrogen-bond acceptors (Lipinski definition) is 5. The Morgan fingerprint density at radius 2 is 1.76 bits per heavy atom. The number of benzene rings is 3. The van der Waals surface area contributed by atoms with Crippen LogP contribution in [-0.4, -0.2) is 32.6 Å². The summed E-state index contributed by atoms with van der Waals surface area (Å²) >= 11 is 3.45. The average molecular weight is 523 g/mol. The Bertz CT molecular complexity index is 1260. The second-order valence-electron chi connectivity index (χ2n) is 7.45. The topological polar surface area (TPSA) is 77.1 Å². The lowest BCUT2D eigenvalue weighted by atomic mass is 10.1. The first-order chi connectivity index (χ1) is 16.5. The smallest absolute Gasteiger partial charge is 0.294 e. The zero-order chi connectivity index (χ0) is 24.1. The molecule has 0 fully saturated rings. The summed E-state index contributed by atoms with van der Waals surface area (Å²) in [4.78, 5) is 27.5. The molecule has 0 bridgehead atoms. The number of nitrogens with zero attached hydrogens (tertiary/aromatic N) is 1. The molecular weight excluding hydrogens is 500 g/mol. The predicted octanol–water partition coefficient (Wildman–Crippen LogP) is 4.55. The fourth-order valence-electron chi connectivity index (χ4n) is 3.59. The minimum Gasteiger partial charge on any atom is -0.496 e. The van der Waals surface area contributed by atoms with Crippen molar-refractivity contribution in [3.63, 3.8) is 0 Å². The number of anilines is 1. The molecule has 0 saturated heterocycles. The Kier molecular flexibility index (Phi) is 7.18. The van der Waals surface area contributed by atoms with Crippen molar-refractivity contribution >= 4 is 39.5 Å². The van der Waals surface area contributed by atoms with E-state index < -0.39 is 5.91 Å². The van der Waals surface area contributed by atoms with Crippen LogP contribution in [0.4, 0.5) is 5.69 Å². The predicted molar refractivity (Wildman–Crippen MR) is 133 cm³/mol. The van der Waals surface area contributed by atoms with E-state index >= 15 is 0 Å². The number of fused-ring (bicyclic) bond motifs is 1. The third-order valence-electron chi connectivity index (χ3n) is 5.28. The number of para-hydroxylation sites is 3. The number of carbonyl (C=O) groups excluding carboxylic acids is 2. The number of rotatable bonds is 7. The number of ether oxygens (including phenoxy) is 3. The van der Waals surface area contributed by atoms with Gasteiger partial charge in [-0.3, -0.25) is 14.5 Å². The van der Waals surface area contributed by atoms with Crippen LogP contribution in [0.2, 0.25) is 0 Å². The van der Waals surface area contributed by atoms with Gasteiger partial charge >= 0.3 is 0 Å². The minimum absolute atomic E-state index is 0.119. The number of amides is 2. The number of methoxy groups -OCH3 is 2. The lowest BCUT2D eigenvalue weighted by molar-refractivity contribution is -0.123. The minimum atomic E-state index is -0.405. The quantitative estimate of drug-likeness (QED) is 0.460. The standard InChI is InChI=1S/C26H23BrN2O5/c1-32-21-9-5-3-7-18(21)15-28-25(30)16-29-20-8-4-6-10-23(20)34-24(26(29)31)14-17-11-12-22(33-2)19(27)13-17/h3-14H,15-16H2,1-2H3,(H,28,30). The Balaban J connectivity index is 1.55. The van der Waals surface area contributed by atoms with Crippen molar-refractivity contribution in [3.05, 3.63) is 88.1 Å². The van der Waals surface area contributed by atoms with Crippen LogP contribution in [0, 0.1) is 0 Å². The largest absolute Gasteiger partial charge is 0.496 e. The van der Waals surface area contributed by atoms with Crippen LogP contribution in [0.3, 0.4) is 0 Å². The summed E-state index contributed by atoms with van der Waals surface area (Å²) in [7, 11) is 3.17. The van der Waals surface area contributed by atoms with Crippen LogP contribution in [0.15, 0.2) is 77.0 Å². The van der Waals surface area contributed by atoms with Gasteiger partial charge in [-0.15, -0.1) is 0 Å². The summed E-state index contributed by atoms with van der Waals surface area (Å²) in [5.41, 5.74) is 2.13. The third kappa shape index (κ3) is 5.07. The molecule has 1 aliphatic heterocycles. The molecule has 0 spiro atoms. The van der Waals surface area contributed by atoms with Crippen molar-refractivity contribution in [2.24, 2.45) is 0 Å². The van der Waals surface area contributed by atoms with E-state index in [2.05, 4.69) is 21.2 Å². The molecule has 0 radical (unpaired) electrons. The number of hydrogen-bond donors (Lipinski definition) is 1. The van der Waals surface area contributed by atoms with E-state index in [1.54, 1.807) is 44.6 Å². The fourth-order valence-corrected chi connectivity index (χ4v) is 4.14. The summed E-state index contributed by atoms with van der Waals surface area (Å²) in [6, 6.07) is 20.0. The van der Waals surface area contributed by atoms with Gasteiger partial charge in [-0.25, -0.2) is 0 Å². The van der Waals surface area contributed by atoms with Gasteiger partial charge in [0.1, 0.15) is 18.0 Å². The van der Waals surface area contributed by atoms with Crippen LogP contribution >= 0.6 is 15.9 Å². The first kappa shape index (κ1) is 23.4. The highest BCUT2D eigenvalue weighted by Gasteiger charge is 2.31. The first-order valence-corrected chi connectivity index (χ1v) is 11.3. The molecule has 1 aliphatic rings. The van der Waals surface area contributed by atoms with Crippen molar-refractivity contribution in [3.8, 4) is 17.2 Å². The molecule has 0 aliphatic carbocycles.